The Hall–Kier alpha value is -2.53. The van der Waals surface area contributed by atoms with E-state index in [0.717, 1.165) is 11.1 Å². The first-order valence-electron chi connectivity index (χ1n) is 7.85. The number of ether oxygens (including phenoxy) is 2. The molecule has 0 aliphatic heterocycles. The lowest BCUT2D eigenvalue weighted by Crippen LogP contribution is -2.31. The number of carbonyl (C=O) groups is 2. The van der Waals surface area contributed by atoms with E-state index < -0.39 is 5.97 Å². The minimum absolute atomic E-state index is 0.0882. The van der Waals surface area contributed by atoms with Crippen molar-refractivity contribution in [3.63, 3.8) is 0 Å². The van der Waals surface area contributed by atoms with Gasteiger partial charge in [0.05, 0.1) is 0 Å². The van der Waals surface area contributed by atoms with Gasteiger partial charge in [-0.15, -0.1) is 0 Å². The molecule has 2 aromatic rings. The summed E-state index contributed by atoms with van der Waals surface area (Å²) in [6.45, 7) is 4.01. The molecule has 0 bridgehead atoms. The molecule has 0 aromatic heterocycles. The van der Waals surface area contributed by atoms with E-state index in [9.17, 15) is 9.59 Å². The lowest BCUT2D eigenvalue weighted by molar-refractivity contribution is -0.143. The Morgan fingerprint density at radius 2 is 1.84 bits per heavy atom. The van der Waals surface area contributed by atoms with Gasteiger partial charge in [-0.3, -0.25) is 9.59 Å². The number of halogens is 1. The van der Waals surface area contributed by atoms with Gasteiger partial charge in [-0.1, -0.05) is 23.7 Å². The lowest BCUT2D eigenvalue weighted by Gasteiger charge is -2.09. The van der Waals surface area contributed by atoms with Gasteiger partial charge in [0.15, 0.2) is 0 Å². The van der Waals surface area contributed by atoms with Crippen molar-refractivity contribution in [1.29, 1.82) is 0 Å². The second kappa shape index (κ2) is 9.08. The third kappa shape index (κ3) is 6.12. The van der Waals surface area contributed by atoms with Gasteiger partial charge in [0, 0.05) is 10.6 Å². The Bertz CT molecular complexity index is 761. The van der Waals surface area contributed by atoms with Gasteiger partial charge in [-0.2, -0.15) is 0 Å². The summed E-state index contributed by atoms with van der Waals surface area (Å²) in [6.07, 6.45) is 0. The van der Waals surface area contributed by atoms with Crippen LogP contribution in [0, 0.1) is 13.8 Å². The van der Waals surface area contributed by atoms with Gasteiger partial charge in [0.2, 0.25) is 0 Å². The van der Waals surface area contributed by atoms with Gasteiger partial charge in [-0.05, 0) is 55.3 Å². The van der Waals surface area contributed by atoms with Gasteiger partial charge < -0.3 is 14.8 Å². The van der Waals surface area contributed by atoms with Gasteiger partial charge in [0.25, 0.3) is 5.91 Å². The average molecular weight is 362 g/mol. The molecule has 0 radical (unpaired) electrons. The fourth-order valence-electron chi connectivity index (χ4n) is 2.06. The van der Waals surface area contributed by atoms with Crippen LogP contribution in [0.1, 0.15) is 21.5 Å². The SMILES string of the molecule is Cc1ccc(C(=O)NCC(=O)OCCOc2cccc(Cl)c2)cc1C. The maximum Gasteiger partial charge on any atom is 0.325 e. The highest BCUT2D eigenvalue weighted by atomic mass is 35.5. The molecule has 0 saturated heterocycles. The Labute approximate surface area is 151 Å². The maximum atomic E-state index is 12.0. The van der Waals surface area contributed by atoms with Crippen LogP contribution in [-0.4, -0.2) is 31.6 Å². The van der Waals surface area contributed by atoms with Crippen LogP contribution in [0.4, 0.5) is 0 Å². The van der Waals surface area contributed by atoms with E-state index in [1.165, 1.54) is 0 Å². The molecule has 0 heterocycles. The minimum Gasteiger partial charge on any atom is -0.490 e. The number of esters is 1. The molecule has 2 aromatic carbocycles. The van der Waals surface area contributed by atoms with Crippen LogP contribution in [-0.2, 0) is 9.53 Å². The largest absolute Gasteiger partial charge is 0.490 e. The molecule has 0 spiro atoms. The summed E-state index contributed by atoms with van der Waals surface area (Å²) in [5.74, 6) is -0.228. The second-order valence-corrected chi connectivity index (χ2v) is 5.94. The molecule has 0 aliphatic rings. The molecular formula is C19H20ClNO4. The smallest absolute Gasteiger partial charge is 0.325 e. The molecule has 0 aliphatic carbocycles. The molecule has 6 heteroatoms. The van der Waals surface area contributed by atoms with Gasteiger partial charge in [-0.25, -0.2) is 0 Å². The highest BCUT2D eigenvalue weighted by Gasteiger charge is 2.09. The van der Waals surface area contributed by atoms with E-state index in [-0.39, 0.29) is 25.7 Å². The molecule has 0 fully saturated rings. The number of amides is 1. The summed E-state index contributed by atoms with van der Waals surface area (Å²) in [5, 5.41) is 3.11. The Balaban J connectivity index is 1.68. The molecule has 0 unspecified atom stereocenters. The van der Waals surface area contributed by atoms with Crippen molar-refractivity contribution < 1.29 is 19.1 Å². The van der Waals surface area contributed by atoms with E-state index in [0.29, 0.717) is 16.3 Å². The van der Waals surface area contributed by atoms with Crippen molar-refractivity contribution in [3.8, 4) is 5.75 Å². The standard InChI is InChI=1S/C19H20ClNO4/c1-13-6-7-15(10-14(13)2)19(23)21-12-18(22)25-9-8-24-17-5-3-4-16(20)11-17/h3-7,10-11H,8-9,12H2,1-2H3,(H,21,23). The third-order valence-corrected chi connectivity index (χ3v) is 3.81. The first kappa shape index (κ1) is 18.8. The van der Waals surface area contributed by atoms with Crippen LogP contribution >= 0.6 is 11.6 Å². The second-order valence-electron chi connectivity index (χ2n) is 5.51. The van der Waals surface area contributed by atoms with Crippen molar-refractivity contribution in [1.82, 2.24) is 5.32 Å². The van der Waals surface area contributed by atoms with Gasteiger partial charge >= 0.3 is 5.97 Å². The van der Waals surface area contributed by atoms with Crippen LogP contribution in [0.5, 0.6) is 5.75 Å². The van der Waals surface area contributed by atoms with Crippen LogP contribution in [0.2, 0.25) is 5.02 Å². The predicted molar refractivity (Wildman–Crippen MR) is 96.2 cm³/mol. The fourth-order valence-corrected chi connectivity index (χ4v) is 2.24. The molecule has 0 atom stereocenters. The Morgan fingerprint density at radius 1 is 1.04 bits per heavy atom. The predicted octanol–water partition coefficient (Wildman–Crippen LogP) is 3.31. The van der Waals surface area contributed by atoms with E-state index >= 15 is 0 Å². The fraction of sp³-hybridized carbons (Fsp3) is 0.263. The highest BCUT2D eigenvalue weighted by molar-refractivity contribution is 6.30. The van der Waals surface area contributed by atoms with E-state index in [2.05, 4.69) is 5.32 Å². The monoisotopic (exact) mass is 361 g/mol. The third-order valence-electron chi connectivity index (χ3n) is 3.57. The highest BCUT2D eigenvalue weighted by Crippen LogP contribution is 2.16. The van der Waals surface area contributed by atoms with Crippen LogP contribution in [0.25, 0.3) is 0 Å². The lowest BCUT2D eigenvalue weighted by atomic mass is 10.1. The maximum absolute atomic E-state index is 12.0. The van der Waals surface area contributed by atoms with Crippen LogP contribution < -0.4 is 10.1 Å². The van der Waals surface area contributed by atoms with E-state index in [4.69, 9.17) is 21.1 Å². The number of benzene rings is 2. The number of aryl methyl sites for hydroxylation is 2. The molecule has 1 amide bonds. The zero-order chi connectivity index (χ0) is 18.2. The topological polar surface area (TPSA) is 64.6 Å². The van der Waals surface area contributed by atoms with Crippen molar-refractivity contribution in [3.05, 3.63) is 64.2 Å². The van der Waals surface area contributed by atoms with Crippen LogP contribution in [0.15, 0.2) is 42.5 Å². The molecule has 25 heavy (non-hydrogen) atoms. The van der Waals surface area contributed by atoms with Crippen molar-refractivity contribution in [2.24, 2.45) is 0 Å². The molecule has 5 nitrogen and oxygen atoms in total. The molecule has 1 N–H and O–H groups in total. The van der Waals surface area contributed by atoms with Crippen LogP contribution in [0.3, 0.4) is 0 Å². The Morgan fingerprint density at radius 3 is 2.56 bits per heavy atom. The van der Waals surface area contributed by atoms with Crippen molar-refractivity contribution in [2.45, 2.75) is 13.8 Å². The number of rotatable bonds is 7. The molecule has 132 valence electrons. The zero-order valence-electron chi connectivity index (χ0n) is 14.2. The number of nitrogens with one attached hydrogen (secondary N) is 1. The minimum atomic E-state index is -0.521. The first-order valence-corrected chi connectivity index (χ1v) is 8.23. The molecule has 2 rings (SSSR count). The summed E-state index contributed by atoms with van der Waals surface area (Å²) in [5.41, 5.74) is 2.64. The van der Waals surface area contributed by atoms with E-state index in [1.807, 2.05) is 19.9 Å². The summed E-state index contributed by atoms with van der Waals surface area (Å²) in [6, 6.07) is 12.3. The van der Waals surface area contributed by atoms with Crippen molar-refractivity contribution >= 4 is 23.5 Å². The number of hydrogen-bond donors (Lipinski definition) is 1. The molecular weight excluding hydrogens is 342 g/mol. The normalized spacial score (nSPS) is 10.2. The summed E-state index contributed by atoms with van der Waals surface area (Å²) < 4.78 is 10.4. The number of carbonyl (C=O) groups excluding carboxylic acids is 2. The van der Waals surface area contributed by atoms with Crippen molar-refractivity contribution in [2.75, 3.05) is 19.8 Å². The number of hydrogen-bond acceptors (Lipinski definition) is 4. The van der Waals surface area contributed by atoms with E-state index in [1.54, 1.807) is 36.4 Å². The summed E-state index contributed by atoms with van der Waals surface area (Å²) >= 11 is 5.84. The quantitative estimate of drug-likeness (QED) is 0.607. The Kier molecular flexibility index (Phi) is 6.83. The molecule has 0 saturated carbocycles. The summed E-state index contributed by atoms with van der Waals surface area (Å²) in [7, 11) is 0. The van der Waals surface area contributed by atoms with Gasteiger partial charge in [0.1, 0.15) is 25.5 Å². The summed E-state index contributed by atoms with van der Waals surface area (Å²) in [4.78, 5) is 23.7. The average Bonchev–Trinajstić information content (AvgIpc) is 2.59. The first-order chi connectivity index (χ1) is 12.0. The zero-order valence-corrected chi connectivity index (χ0v) is 14.9.